The van der Waals surface area contributed by atoms with E-state index in [1.54, 1.807) is 18.0 Å². The molecule has 0 atom stereocenters. The van der Waals surface area contributed by atoms with Crippen LogP contribution in [-0.4, -0.2) is 34.6 Å². The normalized spacial score (nSPS) is 15.3. The van der Waals surface area contributed by atoms with E-state index >= 15 is 0 Å². The fourth-order valence-electron chi connectivity index (χ4n) is 3.32. The minimum atomic E-state index is 0.287. The molecule has 1 aromatic carbocycles. The van der Waals surface area contributed by atoms with E-state index in [9.17, 15) is 4.79 Å². The van der Waals surface area contributed by atoms with Gasteiger partial charge in [0.1, 0.15) is 0 Å². The highest BCUT2D eigenvalue weighted by atomic mass is 32.2. The summed E-state index contributed by atoms with van der Waals surface area (Å²) < 4.78 is 0. The number of hydrogen-bond acceptors (Lipinski definition) is 3. The van der Waals surface area contributed by atoms with Crippen LogP contribution in [0.3, 0.4) is 0 Å². The van der Waals surface area contributed by atoms with Crippen LogP contribution in [0.25, 0.3) is 0 Å². The number of rotatable bonds is 7. The Balaban J connectivity index is 1.33. The zero-order chi connectivity index (χ0) is 17.3. The molecule has 0 N–H and O–H groups in total. The molecule has 1 aromatic heterocycles. The Morgan fingerprint density at radius 3 is 2.56 bits per heavy atom. The molecule has 1 aliphatic rings. The number of aryl methyl sites for hydroxylation is 1. The van der Waals surface area contributed by atoms with Crippen molar-refractivity contribution in [1.82, 2.24) is 9.88 Å². The van der Waals surface area contributed by atoms with E-state index in [0.29, 0.717) is 5.75 Å². The van der Waals surface area contributed by atoms with Crippen LogP contribution in [0, 0.1) is 5.92 Å². The molecule has 0 bridgehead atoms. The number of carbonyl (C=O) groups excluding carboxylic acids is 1. The van der Waals surface area contributed by atoms with Crippen molar-refractivity contribution < 1.29 is 4.79 Å². The van der Waals surface area contributed by atoms with Crippen LogP contribution in [0.15, 0.2) is 54.9 Å². The van der Waals surface area contributed by atoms with Gasteiger partial charge in [0.05, 0.1) is 5.75 Å². The second-order valence-electron chi connectivity index (χ2n) is 6.70. The van der Waals surface area contributed by atoms with Crippen molar-refractivity contribution in [2.75, 3.05) is 18.8 Å². The number of aromatic nitrogens is 1. The number of thioether (sulfide) groups is 1. The largest absolute Gasteiger partial charge is 0.342 e. The number of carbonyl (C=O) groups is 1. The van der Waals surface area contributed by atoms with Gasteiger partial charge in [-0.25, -0.2) is 0 Å². The summed E-state index contributed by atoms with van der Waals surface area (Å²) in [6, 6.07) is 14.7. The molecule has 1 aliphatic heterocycles. The molecule has 0 unspecified atom stereocenters. The first-order valence-corrected chi connectivity index (χ1v) is 10.2. The number of pyridine rings is 1. The Labute approximate surface area is 154 Å². The smallest absolute Gasteiger partial charge is 0.232 e. The summed E-state index contributed by atoms with van der Waals surface area (Å²) >= 11 is 1.69. The highest BCUT2D eigenvalue weighted by molar-refractivity contribution is 7.99. The zero-order valence-corrected chi connectivity index (χ0v) is 15.5. The Morgan fingerprint density at radius 1 is 1.08 bits per heavy atom. The third-order valence-corrected chi connectivity index (χ3v) is 5.86. The lowest BCUT2D eigenvalue weighted by Crippen LogP contribution is -2.39. The minimum Gasteiger partial charge on any atom is -0.342 e. The predicted octanol–water partition coefficient (Wildman–Crippen LogP) is 4.19. The lowest BCUT2D eigenvalue weighted by atomic mass is 9.90. The summed E-state index contributed by atoms with van der Waals surface area (Å²) in [5.41, 5.74) is 2.60. The molecule has 1 fully saturated rings. The maximum absolute atomic E-state index is 12.4. The van der Waals surface area contributed by atoms with Crippen LogP contribution in [0.1, 0.15) is 30.4 Å². The first-order chi connectivity index (χ1) is 12.3. The monoisotopic (exact) mass is 354 g/mol. The standard InChI is InChI=1S/C21H26N2OS/c24-21(17-25-16-20-7-4-12-22-15-20)23-13-10-19(11-14-23)9-8-18-5-2-1-3-6-18/h1-7,12,15,19H,8-11,13-14,16-17H2. The minimum absolute atomic E-state index is 0.287. The van der Waals surface area contributed by atoms with Crippen LogP contribution in [0.5, 0.6) is 0 Å². The van der Waals surface area contributed by atoms with Crippen molar-refractivity contribution in [3.05, 3.63) is 66.0 Å². The Morgan fingerprint density at radius 2 is 1.84 bits per heavy atom. The Hall–Kier alpha value is -1.81. The lowest BCUT2D eigenvalue weighted by Gasteiger charge is -2.32. The fraction of sp³-hybridized carbons (Fsp3) is 0.429. The molecule has 132 valence electrons. The summed E-state index contributed by atoms with van der Waals surface area (Å²) in [5.74, 6) is 2.47. The number of piperidine rings is 1. The fourth-order valence-corrected chi connectivity index (χ4v) is 4.18. The molecular weight excluding hydrogens is 328 g/mol. The van der Waals surface area contributed by atoms with Crippen molar-refractivity contribution in [3.63, 3.8) is 0 Å². The van der Waals surface area contributed by atoms with Crippen molar-refractivity contribution in [2.24, 2.45) is 5.92 Å². The summed E-state index contributed by atoms with van der Waals surface area (Å²) in [6.07, 6.45) is 8.33. The summed E-state index contributed by atoms with van der Waals surface area (Å²) in [6.45, 7) is 1.84. The molecule has 1 saturated heterocycles. The van der Waals surface area contributed by atoms with Crippen molar-refractivity contribution in [2.45, 2.75) is 31.4 Å². The SMILES string of the molecule is O=C(CSCc1cccnc1)N1CCC(CCc2ccccc2)CC1. The second-order valence-corrected chi connectivity index (χ2v) is 7.69. The van der Waals surface area contributed by atoms with Gasteiger partial charge in [0.2, 0.25) is 5.91 Å². The van der Waals surface area contributed by atoms with Gasteiger partial charge >= 0.3 is 0 Å². The molecule has 2 heterocycles. The molecule has 25 heavy (non-hydrogen) atoms. The molecule has 0 aliphatic carbocycles. The molecule has 0 saturated carbocycles. The summed E-state index contributed by atoms with van der Waals surface area (Å²) in [4.78, 5) is 18.5. The van der Waals surface area contributed by atoms with Gasteiger partial charge in [0, 0.05) is 31.2 Å². The van der Waals surface area contributed by atoms with E-state index in [4.69, 9.17) is 0 Å². The van der Waals surface area contributed by atoms with Crippen molar-refractivity contribution >= 4 is 17.7 Å². The van der Waals surface area contributed by atoms with Crippen LogP contribution >= 0.6 is 11.8 Å². The average Bonchev–Trinajstić information content (AvgIpc) is 2.68. The maximum Gasteiger partial charge on any atom is 0.232 e. The molecule has 3 rings (SSSR count). The number of nitrogens with zero attached hydrogens (tertiary/aromatic N) is 2. The van der Waals surface area contributed by atoms with E-state index in [2.05, 4.69) is 46.3 Å². The number of amides is 1. The van der Waals surface area contributed by atoms with Gasteiger partial charge in [-0.05, 0) is 48.8 Å². The van der Waals surface area contributed by atoms with Crippen LogP contribution in [-0.2, 0) is 17.0 Å². The first-order valence-electron chi connectivity index (χ1n) is 9.09. The molecule has 0 spiro atoms. The Kier molecular flexibility index (Phi) is 6.92. The molecule has 1 amide bonds. The average molecular weight is 355 g/mol. The van der Waals surface area contributed by atoms with Gasteiger partial charge < -0.3 is 4.90 Å². The van der Waals surface area contributed by atoms with E-state index in [-0.39, 0.29) is 5.91 Å². The topological polar surface area (TPSA) is 33.2 Å². The van der Waals surface area contributed by atoms with Crippen molar-refractivity contribution in [1.29, 1.82) is 0 Å². The summed E-state index contributed by atoms with van der Waals surface area (Å²) in [7, 11) is 0. The number of hydrogen-bond donors (Lipinski definition) is 0. The van der Waals surface area contributed by atoms with Crippen LogP contribution in [0.4, 0.5) is 0 Å². The first kappa shape index (κ1) is 18.0. The molecule has 0 radical (unpaired) electrons. The van der Waals surface area contributed by atoms with Gasteiger partial charge in [0.25, 0.3) is 0 Å². The quantitative estimate of drug-likeness (QED) is 0.748. The third kappa shape index (κ3) is 5.89. The number of benzene rings is 1. The van der Waals surface area contributed by atoms with Crippen molar-refractivity contribution in [3.8, 4) is 0 Å². The second kappa shape index (κ2) is 9.62. The van der Waals surface area contributed by atoms with E-state index in [1.807, 2.05) is 12.3 Å². The van der Waals surface area contributed by atoms with E-state index in [1.165, 1.54) is 17.5 Å². The van der Waals surface area contributed by atoms with Gasteiger partial charge in [-0.1, -0.05) is 36.4 Å². The van der Waals surface area contributed by atoms with Crippen LogP contribution < -0.4 is 0 Å². The molecular formula is C21H26N2OS. The van der Waals surface area contributed by atoms with E-state index < -0.39 is 0 Å². The Bertz CT molecular complexity index is 639. The van der Waals surface area contributed by atoms with E-state index in [0.717, 1.165) is 44.0 Å². The zero-order valence-electron chi connectivity index (χ0n) is 14.6. The van der Waals surface area contributed by atoms with Crippen LogP contribution in [0.2, 0.25) is 0 Å². The van der Waals surface area contributed by atoms with Gasteiger partial charge in [-0.3, -0.25) is 9.78 Å². The third-order valence-electron chi connectivity index (χ3n) is 4.87. The van der Waals surface area contributed by atoms with Gasteiger partial charge in [-0.2, -0.15) is 0 Å². The lowest BCUT2D eigenvalue weighted by molar-refractivity contribution is -0.129. The van der Waals surface area contributed by atoms with Gasteiger partial charge in [-0.15, -0.1) is 11.8 Å². The maximum atomic E-state index is 12.4. The molecule has 2 aromatic rings. The van der Waals surface area contributed by atoms with Gasteiger partial charge in [0.15, 0.2) is 0 Å². The molecule has 3 nitrogen and oxygen atoms in total. The predicted molar refractivity (Wildman–Crippen MR) is 104 cm³/mol. The molecule has 4 heteroatoms. The summed E-state index contributed by atoms with van der Waals surface area (Å²) in [5, 5.41) is 0. The highest BCUT2D eigenvalue weighted by Crippen LogP contribution is 2.23. The number of likely N-dealkylation sites (tertiary alicyclic amines) is 1. The highest BCUT2D eigenvalue weighted by Gasteiger charge is 2.22.